The molecule has 0 aliphatic carbocycles. The van der Waals surface area contributed by atoms with E-state index in [1.54, 1.807) is 0 Å². The lowest BCUT2D eigenvalue weighted by molar-refractivity contribution is -0.136. The standard InChI is InChI=1S/C20H27N5O/c1-13(2)8-17-11-24(12-19-23-22-14(3)25(17)19)20(26)18-9-15-6-4-5-7-16(15)10-21-18/h4-7,13,17-18,21H,8-12H2,1-3H3/t17-,18+/m0/s1. The summed E-state index contributed by atoms with van der Waals surface area (Å²) in [6, 6.07) is 8.48. The van der Waals surface area contributed by atoms with E-state index in [1.165, 1.54) is 11.1 Å². The van der Waals surface area contributed by atoms with Crippen LogP contribution in [0.15, 0.2) is 24.3 Å². The number of amides is 1. The largest absolute Gasteiger partial charge is 0.332 e. The quantitative estimate of drug-likeness (QED) is 0.919. The molecule has 0 radical (unpaired) electrons. The summed E-state index contributed by atoms with van der Waals surface area (Å²) < 4.78 is 2.23. The highest BCUT2D eigenvalue weighted by Crippen LogP contribution is 2.28. The van der Waals surface area contributed by atoms with Crippen molar-refractivity contribution in [3.8, 4) is 0 Å². The number of aryl methyl sites for hydroxylation is 1. The Morgan fingerprint density at radius 2 is 2.04 bits per heavy atom. The molecule has 0 bridgehead atoms. The first-order chi connectivity index (χ1) is 12.5. The Hall–Kier alpha value is -2.21. The molecule has 2 aliphatic rings. The van der Waals surface area contributed by atoms with E-state index in [2.05, 4.69) is 58.2 Å². The summed E-state index contributed by atoms with van der Waals surface area (Å²) in [5.74, 6) is 2.59. The van der Waals surface area contributed by atoms with E-state index in [1.807, 2.05) is 11.8 Å². The van der Waals surface area contributed by atoms with Gasteiger partial charge in [0.1, 0.15) is 5.82 Å². The van der Waals surface area contributed by atoms with Crippen LogP contribution in [0.4, 0.5) is 0 Å². The van der Waals surface area contributed by atoms with Crippen LogP contribution < -0.4 is 5.32 Å². The minimum absolute atomic E-state index is 0.153. The zero-order valence-electron chi connectivity index (χ0n) is 15.8. The van der Waals surface area contributed by atoms with E-state index in [0.717, 1.165) is 37.6 Å². The van der Waals surface area contributed by atoms with E-state index >= 15 is 0 Å². The maximum atomic E-state index is 13.2. The van der Waals surface area contributed by atoms with Crippen molar-refractivity contribution in [1.82, 2.24) is 25.0 Å². The molecule has 3 heterocycles. The molecule has 0 saturated carbocycles. The second kappa shape index (κ2) is 6.83. The van der Waals surface area contributed by atoms with E-state index < -0.39 is 0 Å². The Morgan fingerprint density at radius 3 is 2.81 bits per heavy atom. The van der Waals surface area contributed by atoms with Crippen molar-refractivity contribution in [3.05, 3.63) is 47.0 Å². The lowest BCUT2D eigenvalue weighted by Gasteiger charge is -2.37. The number of carbonyl (C=O) groups excluding carboxylic acids is 1. The lowest BCUT2D eigenvalue weighted by Crippen LogP contribution is -2.52. The number of nitrogens with one attached hydrogen (secondary N) is 1. The molecule has 1 aromatic carbocycles. The van der Waals surface area contributed by atoms with Crippen molar-refractivity contribution in [1.29, 1.82) is 0 Å². The molecule has 0 unspecified atom stereocenters. The SMILES string of the molecule is Cc1nnc2n1[C@@H](CC(C)C)CN(C(=O)[C@H]1Cc3ccccc3CN1)C2. The van der Waals surface area contributed by atoms with Gasteiger partial charge in [-0.05, 0) is 36.8 Å². The Balaban J connectivity index is 1.54. The van der Waals surface area contributed by atoms with Gasteiger partial charge in [-0.2, -0.15) is 0 Å². The fourth-order valence-electron chi connectivity index (χ4n) is 4.31. The zero-order chi connectivity index (χ0) is 18.3. The highest BCUT2D eigenvalue weighted by molar-refractivity contribution is 5.82. The molecule has 2 aliphatic heterocycles. The second-order valence-electron chi connectivity index (χ2n) is 7.94. The maximum absolute atomic E-state index is 13.2. The topological polar surface area (TPSA) is 63.1 Å². The highest BCUT2D eigenvalue weighted by Gasteiger charge is 2.34. The van der Waals surface area contributed by atoms with Crippen LogP contribution in [-0.4, -0.2) is 38.2 Å². The first-order valence-electron chi connectivity index (χ1n) is 9.52. The summed E-state index contributed by atoms with van der Waals surface area (Å²) >= 11 is 0. The van der Waals surface area contributed by atoms with Gasteiger partial charge in [-0.3, -0.25) is 4.79 Å². The normalized spacial score (nSPS) is 22.2. The van der Waals surface area contributed by atoms with Gasteiger partial charge in [0.25, 0.3) is 0 Å². The van der Waals surface area contributed by atoms with Crippen molar-refractivity contribution in [2.45, 2.75) is 58.8 Å². The first kappa shape index (κ1) is 17.2. The maximum Gasteiger partial charge on any atom is 0.240 e. The minimum atomic E-state index is -0.153. The average molecular weight is 353 g/mol. The summed E-state index contributed by atoms with van der Waals surface area (Å²) in [4.78, 5) is 15.2. The van der Waals surface area contributed by atoms with E-state index in [4.69, 9.17) is 0 Å². The van der Waals surface area contributed by atoms with Gasteiger partial charge in [0.2, 0.25) is 5.91 Å². The van der Waals surface area contributed by atoms with E-state index in [0.29, 0.717) is 12.5 Å². The third-order valence-corrected chi connectivity index (χ3v) is 5.50. The number of hydrogen-bond donors (Lipinski definition) is 1. The van der Waals surface area contributed by atoms with Crippen LogP contribution in [0.1, 0.15) is 49.1 Å². The van der Waals surface area contributed by atoms with Crippen molar-refractivity contribution in [3.63, 3.8) is 0 Å². The summed E-state index contributed by atoms with van der Waals surface area (Å²) in [6.07, 6.45) is 1.78. The van der Waals surface area contributed by atoms with Gasteiger partial charge in [0.15, 0.2) is 5.82 Å². The molecule has 1 N–H and O–H groups in total. The molecular formula is C20H27N5O. The van der Waals surface area contributed by atoms with Gasteiger partial charge >= 0.3 is 0 Å². The predicted octanol–water partition coefficient (Wildman–Crippen LogP) is 2.23. The van der Waals surface area contributed by atoms with Crippen LogP contribution in [0, 0.1) is 12.8 Å². The molecule has 138 valence electrons. The number of hydrogen-bond acceptors (Lipinski definition) is 4. The minimum Gasteiger partial charge on any atom is -0.332 e. The van der Waals surface area contributed by atoms with E-state index in [-0.39, 0.29) is 18.0 Å². The van der Waals surface area contributed by atoms with Crippen molar-refractivity contribution < 1.29 is 4.79 Å². The summed E-state index contributed by atoms with van der Waals surface area (Å²) in [6.45, 7) is 8.49. The Kier molecular flexibility index (Phi) is 4.53. The number of benzene rings is 1. The molecule has 0 spiro atoms. The van der Waals surface area contributed by atoms with Crippen LogP contribution >= 0.6 is 0 Å². The van der Waals surface area contributed by atoms with Gasteiger partial charge in [-0.1, -0.05) is 38.1 Å². The molecule has 1 aromatic heterocycles. The molecule has 6 heteroatoms. The van der Waals surface area contributed by atoms with E-state index in [9.17, 15) is 4.79 Å². The van der Waals surface area contributed by atoms with Crippen LogP contribution in [0.5, 0.6) is 0 Å². The third-order valence-electron chi connectivity index (χ3n) is 5.50. The predicted molar refractivity (Wildman–Crippen MR) is 99.4 cm³/mol. The molecule has 0 saturated heterocycles. The van der Waals surface area contributed by atoms with Crippen LogP contribution in [-0.2, 0) is 24.3 Å². The van der Waals surface area contributed by atoms with Crippen molar-refractivity contribution in [2.75, 3.05) is 6.54 Å². The number of rotatable bonds is 3. The summed E-state index contributed by atoms with van der Waals surface area (Å²) in [7, 11) is 0. The lowest BCUT2D eigenvalue weighted by atomic mass is 9.94. The van der Waals surface area contributed by atoms with Gasteiger partial charge < -0.3 is 14.8 Å². The molecule has 26 heavy (non-hydrogen) atoms. The molecule has 2 atom stereocenters. The number of aromatic nitrogens is 3. The smallest absolute Gasteiger partial charge is 0.240 e. The Bertz CT molecular complexity index is 812. The Morgan fingerprint density at radius 1 is 1.27 bits per heavy atom. The van der Waals surface area contributed by atoms with Crippen molar-refractivity contribution in [2.24, 2.45) is 5.92 Å². The number of nitrogens with zero attached hydrogens (tertiary/aromatic N) is 4. The molecule has 1 amide bonds. The molecule has 4 rings (SSSR count). The zero-order valence-corrected chi connectivity index (χ0v) is 15.8. The molecule has 6 nitrogen and oxygen atoms in total. The summed E-state index contributed by atoms with van der Waals surface area (Å²) in [5, 5.41) is 12.0. The molecule has 0 fully saturated rings. The fraction of sp³-hybridized carbons (Fsp3) is 0.550. The first-order valence-corrected chi connectivity index (χ1v) is 9.52. The highest BCUT2D eigenvalue weighted by atomic mass is 16.2. The molecular weight excluding hydrogens is 326 g/mol. The molecule has 2 aromatic rings. The fourth-order valence-corrected chi connectivity index (χ4v) is 4.31. The Labute approximate surface area is 154 Å². The van der Waals surface area contributed by atoms with Crippen molar-refractivity contribution >= 4 is 5.91 Å². The van der Waals surface area contributed by atoms with Gasteiger partial charge in [0, 0.05) is 13.1 Å². The number of carbonyl (C=O) groups is 1. The summed E-state index contributed by atoms with van der Waals surface area (Å²) in [5.41, 5.74) is 2.57. The number of fused-ring (bicyclic) bond motifs is 2. The average Bonchev–Trinajstić information content (AvgIpc) is 3.01. The monoisotopic (exact) mass is 353 g/mol. The van der Waals surface area contributed by atoms with Gasteiger partial charge in [0.05, 0.1) is 18.6 Å². The van der Waals surface area contributed by atoms with Gasteiger partial charge in [-0.25, -0.2) is 0 Å². The van der Waals surface area contributed by atoms with Crippen LogP contribution in [0.2, 0.25) is 0 Å². The third kappa shape index (κ3) is 3.14. The van der Waals surface area contributed by atoms with Gasteiger partial charge in [-0.15, -0.1) is 10.2 Å². The second-order valence-corrected chi connectivity index (χ2v) is 7.94. The van der Waals surface area contributed by atoms with Crippen LogP contribution in [0.25, 0.3) is 0 Å². The van der Waals surface area contributed by atoms with Crippen LogP contribution in [0.3, 0.4) is 0 Å².